The van der Waals surface area contributed by atoms with E-state index >= 15 is 0 Å². The maximum Gasteiger partial charge on any atom is 0.250 e. The summed E-state index contributed by atoms with van der Waals surface area (Å²) in [5.41, 5.74) is 0.569. The summed E-state index contributed by atoms with van der Waals surface area (Å²) >= 11 is 0. The van der Waals surface area contributed by atoms with Crippen LogP contribution in [0.5, 0.6) is 5.88 Å². The number of ether oxygens (including phenoxy) is 2. The molecule has 0 fully saturated rings. The molecule has 1 aromatic rings. The molecule has 5 heteroatoms. The first-order valence-electron chi connectivity index (χ1n) is 5.73. The van der Waals surface area contributed by atoms with Crippen molar-refractivity contribution in [2.75, 3.05) is 25.1 Å². The van der Waals surface area contributed by atoms with Gasteiger partial charge in [-0.3, -0.25) is 4.79 Å². The number of nitrogens with zero attached hydrogens (tertiary/aromatic N) is 1. The Balaban J connectivity index is 2.52. The molecule has 0 bridgehead atoms. The van der Waals surface area contributed by atoms with E-state index < -0.39 is 0 Å². The van der Waals surface area contributed by atoms with Crippen LogP contribution in [0.2, 0.25) is 0 Å². The van der Waals surface area contributed by atoms with Crippen LogP contribution in [-0.4, -0.2) is 30.7 Å². The third-order valence-electron chi connectivity index (χ3n) is 1.91. The van der Waals surface area contributed by atoms with Crippen LogP contribution in [0.4, 0.5) is 5.69 Å². The number of pyridine rings is 1. The van der Waals surface area contributed by atoms with E-state index in [4.69, 9.17) is 9.47 Å². The lowest BCUT2D eigenvalue weighted by Crippen LogP contribution is -2.19. The van der Waals surface area contributed by atoms with E-state index in [0.717, 1.165) is 6.42 Å². The van der Waals surface area contributed by atoms with Gasteiger partial charge in [0.2, 0.25) is 5.88 Å². The van der Waals surface area contributed by atoms with Gasteiger partial charge in [0, 0.05) is 12.8 Å². The van der Waals surface area contributed by atoms with Gasteiger partial charge in [-0.25, -0.2) is 4.98 Å². The molecule has 0 saturated carbocycles. The number of anilines is 1. The third kappa shape index (κ3) is 4.82. The summed E-state index contributed by atoms with van der Waals surface area (Å²) in [7, 11) is 0. The molecule has 94 valence electrons. The first-order valence-corrected chi connectivity index (χ1v) is 5.73. The molecule has 1 rings (SSSR count). The highest BCUT2D eigenvalue weighted by Gasteiger charge is 2.08. The third-order valence-corrected chi connectivity index (χ3v) is 1.91. The SMILES string of the molecule is CCCOCC(=O)Nc1cccnc1OCC. The second-order valence-corrected chi connectivity index (χ2v) is 3.39. The lowest BCUT2D eigenvalue weighted by Gasteiger charge is -2.09. The molecule has 0 aliphatic carbocycles. The maximum atomic E-state index is 11.5. The van der Waals surface area contributed by atoms with Crippen molar-refractivity contribution in [1.29, 1.82) is 0 Å². The number of aromatic nitrogens is 1. The second kappa shape index (κ2) is 7.62. The molecule has 1 aromatic heterocycles. The minimum Gasteiger partial charge on any atom is -0.476 e. The Hall–Kier alpha value is -1.62. The number of hydrogen-bond donors (Lipinski definition) is 1. The van der Waals surface area contributed by atoms with Gasteiger partial charge in [-0.1, -0.05) is 6.92 Å². The fraction of sp³-hybridized carbons (Fsp3) is 0.500. The highest BCUT2D eigenvalue weighted by Crippen LogP contribution is 2.20. The summed E-state index contributed by atoms with van der Waals surface area (Å²) < 4.78 is 10.4. The Morgan fingerprint density at radius 2 is 2.29 bits per heavy atom. The van der Waals surface area contributed by atoms with Gasteiger partial charge in [-0.2, -0.15) is 0 Å². The molecule has 1 amide bonds. The van der Waals surface area contributed by atoms with Gasteiger partial charge >= 0.3 is 0 Å². The first kappa shape index (κ1) is 13.4. The average molecular weight is 238 g/mol. The normalized spacial score (nSPS) is 10.0. The van der Waals surface area contributed by atoms with E-state index in [1.807, 2.05) is 13.8 Å². The van der Waals surface area contributed by atoms with Crippen molar-refractivity contribution in [3.8, 4) is 5.88 Å². The Bertz CT molecular complexity index is 355. The number of nitrogens with one attached hydrogen (secondary N) is 1. The van der Waals surface area contributed by atoms with Crippen LogP contribution >= 0.6 is 0 Å². The Morgan fingerprint density at radius 3 is 3.00 bits per heavy atom. The van der Waals surface area contributed by atoms with Crippen molar-refractivity contribution < 1.29 is 14.3 Å². The Morgan fingerprint density at radius 1 is 1.47 bits per heavy atom. The molecule has 0 aliphatic heterocycles. The smallest absolute Gasteiger partial charge is 0.250 e. The van der Waals surface area contributed by atoms with Crippen LogP contribution in [0.15, 0.2) is 18.3 Å². The summed E-state index contributed by atoms with van der Waals surface area (Å²) in [4.78, 5) is 15.6. The monoisotopic (exact) mass is 238 g/mol. The minimum absolute atomic E-state index is 0.0499. The molecule has 5 nitrogen and oxygen atoms in total. The summed E-state index contributed by atoms with van der Waals surface area (Å²) in [5, 5.41) is 2.70. The molecular weight excluding hydrogens is 220 g/mol. The van der Waals surface area contributed by atoms with Crippen LogP contribution in [-0.2, 0) is 9.53 Å². The first-order chi connectivity index (χ1) is 8.27. The molecule has 0 spiro atoms. The fourth-order valence-electron chi connectivity index (χ4n) is 1.23. The lowest BCUT2D eigenvalue weighted by molar-refractivity contribution is -0.120. The summed E-state index contributed by atoms with van der Waals surface area (Å²) in [6.07, 6.45) is 2.51. The summed E-state index contributed by atoms with van der Waals surface area (Å²) in [6.45, 7) is 5.00. The quantitative estimate of drug-likeness (QED) is 0.736. The van der Waals surface area contributed by atoms with Crippen molar-refractivity contribution in [1.82, 2.24) is 4.98 Å². The lowest BCUT2D eigenvalue weighted by atomic mass is 10.4. The fourth-order valence-corrected chi connectivity index (χ4v) is 1.23. The molecule has 0 atom stereocenters. The zero-order valence-corrected chi connectivity index (χ0v) is 10.2. The van der Waals surface area contributed by atoms with Gasteiger partial charge in [0.15, 0.2) is 0 Å². The van der Waals surface area contributed by atoms with Crippen molar-refractivity contribution in [3.63, 3.8) is 0 Å². The van der Waals surface area contributed by atoms with Gasteiger partial charge < -0.3 is 14.8 Å². The van der Waals surface area contributed by atoms with Gasteiger partial charge in [0.1, 0.15) is 12.3 Å². The minimum atomic E-state index is -0.201. The van der Waals surface area contributed by atoms with E-state index in [9.17, 15) is 4.79 Å². The van der Waals surface area contributed by atoms with Gasteiger partial charge in [0.25, 0.3) is 5.91 Å². The van der Waals surface area contributed by atoms with Crippen LogP contribution in [0, 0.1) is 0 Å². The van der Waals surface area contributed by atoms with E-state index in [0.29, 0.717) is 24.8 Å². The average Bonchev–Trinajstić information content (AvgIpc) is 2.32. The topological polar surface area (TPSA) is 60.5 Å². The molecule has 1 N–H and O–H groups in total. The molecule has 0 saturated heterocycles. The van der Waals surface area contributed by atoms with Crippen molar-refractivity contribution in [3.05, 3.63) is 18.3 Å². The van der Waals surface area contributed by atoms with E-state index in [2.05, 4.69) is 10.3 Å². The molecule has 0 aliphatic rings. The van der Waals surface area contributed by atoms with Crippen molar-refractivity contribution >= 4 is 11.6 Å². The Labute approximate surface area is 101 Å². The summed E-state index contributed by atoms with van der Waals surface area (Å²) in [5.74, 6) is 0.228. The molecule has 0 aromatic carbocycles. The Kier molecular flexibility index (Phi) is 6.03. The predicted octanol–water partition coefficient (Wildman–Crippen LogP) is 1.85. The highest BCUT2D eigenvalue weighted by atomic mass is 16.5. The number of hydrogen-bond acceptors (Lipinski definition) is 4. The van der Waals surface area contributed by atoms with Crippen LogP contribution in [0.3, 0.4) is 0 Å². The van der Waals surface area contributed by atoms with Crippen LogP contribution < -0.4 is 10.1 Å². The van der Waals surface area contributed by atoms with Gasteiger partial charge in [0.05, 0.1) is 6.61 Å². The van der Waals surface area contributed by atoms with Crippen LogP contribution in [0.1, 0.15) is 20.3 Å². The van der Waals surface area contributed by atoms with E-state index in [-0.39, 0.29) is 12.5 Å². The largest absolute Gasteiger partial charge is 0.476 e. The standard InChI is InChI=1S/C12H18N2O3/c1-3-8-16-9-11(15)14-10-6-5-7-13-12(10)17-4-2/h5-7H,3-4,8-9H2,1-2H3,(H,14,15). The molecule has 1 heterocycles. The molecular formula is C12H18N2O3. The van der Waals surface area contributed by atoms with Gasteiger partial charge in [-0.05, 0) is 25.5 Å². The molecule has 0 radical (unpaired) electrons. The number of carbonyl (C=O) groups excluding carboxylic acids is 1. The number of amides is 1. The predicted molar refractivity (Wildman–Crippen MR) is 65.1 cm³/mol. The van der Waals surface area contributed by atoms with Crippen molar-refractivity contribution in [2.45, 2.75) is 20.3 Å². The molecule has 0 unspecified atom stereocenters. The van der Waals surface area contributed by atoms with Crippen LogP contribution in [0.25, 0.3) is 0 Å². The maximum absolute atomic E-state index is 11.5. The van der Waals surface area contributed by atoms with E-state index in [1.54, 1.807) is 18.3 Å². The number of carbonyl (C=O) groups is 1. The van der Waals surface area contributed by atoms with Crippen molar-refractivity contribution in [2.24, 2.45) is 0 Å². The van der Waals surface area contributed by atoms with E-state index in [1.165, 1.54) is 0 Å². The zero-order valence-electron chi connectivity index (χ0n) is 10.2. The molecule has 17 heavy (non-hydrogen) atoms. The number of rotatable bonds is 7. The van der Waals surface area contributed by atoms with Gasteiger partial charge in [-0.15, -0.1) is 0 Å². The second-order valence-electron chi connectivity index (χ2n) is 3.39. The summed E-state index contributed by atoms with van der Waals surface area (Å²) in [6, 6.07) is 3.49. The zero-order chi connectivity index (χ0) is 12.5. The highest BCUT2D eigenvalue weighted by molar-refractivity contribution is 5.92.